The molecule has 1 amide bonds. The van der Waals surface area contributed by atoms with Gasteiger partial charge in [-0.05, 0) is 30.3 Å². The second kappa shape index (κ2) is 7.67. The van der Waals surface area contributed by atoms with Gasteiger partial charge in [-0.3, -0.25) is 4.79 Å². The van der Waals surface area contributed by atoms with Gasteiger partial charge in [-0.2, -0.15) is 0 Å². The number of halogens is 2. The largest absolute Gasteiger partial charge is 0.507 e. The monoisotopic (exact) mass is 475 g/mol. The van der Waals surface area contributed by atoms with E-state index in [9.17, 15) is 23.4 Å². The number of nitrogens with one attached hydrogen (secondary N) is 1. The van der Waals surface area contributed by atoms with Gasteiger partial charge in [0.1, 0.15) is 16.4 Å². The molecule has 1 aliphatic rings. The number of hydrogen-bond donors (Lipinski definition) is 3. The Hall–Kier alpha value is -1.81. The van der Waals surface area contributed by atoms with Crippen molar-refractivity contribution in [2.75, 3.05) is 13.2 Å². The Kier molecular flexibility index (Phi) is 5.66. The lowest BCUT2D eigenvalue weighted by Gasteiger charge is -2.27. The first-order chi connectivity index (χ1) is 12.7. The molecule has 0 atom stereocenters. The van der Waals surface area contributed by atoms with Gasteiger partial charge in [-0.1, -0.05) is 27.5 Å². The molecule has 0 saturated carbocycles. The first-order valence-electron chi connectivity index (χ1n) is 7.78. The summed E-state index contributed by atoms with van der Waals surface area (Å²) in [6.07, 6.45) is 0. The summed E-state index contributed by atoms with van der Waals surface area (Å²) in [5, 5.41) is 23.1. The smallest absolute Gasteiger partial charge is 0.255 e. The lowest BCUT2D eigenvalue weighted by atomic mass is 10.1. The Bertz CT molecular complexity index is 1010. The fraction of sp³-hybridized carbons (Fsp3) is 0.235. The Balaban J connectivity index is 1.94. The zero-order valence-electron chi connectivity index (χ0n) is 13.8. The van der Waals surface area contributed by atoms with Crippen molar-refractivity contribution in [2.24, 2.45) is 0 Å². The van der Waals surface area contributed by atoms with E-state index >= 15 is 0 Å². The number of ether oxygens (including phenoxy) is 1. The summed E-state index contributed by atoms with van der Waals surface area (Å²) in [5.41, 5.74) is -0.171. The fourth-order valence-electron chi connectivity index (χ4n) is 2.54. The summed E-state index contributed by atoms with van der Waals surface area (Å²) in [5.74, 6) is -2.11. The van der Waals surface area contributed by atoms with E-state index in [4.69, 9.17) is 16.3 Å². The molecule has 3 rings (SSSR count). The van der Waals surface area contributed by atoms with Gasteiger partial charge in [0.05, 0.1) is 30.6 Å². The predicted octanol–water partition coefficient (Wildman–Crippen LogP) is 2.62. The molecule has 144 valence electrons. The molecule has 2 aromatic rings. The number of amides is 1. The SMILES string of the molecule is O=C(NC1COC1)c1cc(Cl)cc(CS(=O)(=O)c2cc(Br)ccc2O)c1O. The van der Waals surface area contributed by atoms with Crippen LogP contribution >= 0.6 is 27.5 Å². The van der Waals surface area contributed by atoms with Gasteiger partial charge in [-0.25, -0.2) is 8.42 Å². The quantitative estimate of drug-likeness (QED) is 0.611. The molecule has 0 aliphatic carbocycles. The van der Waals surface area contributed by atoms with Gasteiger partial charge < -0.3 is 20.3 Å². The maximum absolute atomic E-state index is 12.7. The Morgan fingerprint density at radius 1 is 1.26 bits per heavy atom. The summed E-state index contributed by atoms with van der Waals surface area (Å²) in [4.78, 5) is 12.0. The summed E-state index contributed by atoms with van der Waals surface area (Å²) >= 11 is 9.17. The van der Waals surface area contributed by atoms with Crippen LogP contribution in [0.15, 0.2) is 39.7 Å². The molecule has 0 aromatic heterocycles. The normalized spacial score (nSPS) is 14.6. The third-order valence-electron chi connectivity index (χ3n) is 3.97. The zero-order chi connectivity index (χ0) is 19.8. The van der Waals surface area contributed by atoms with Crippen LogP contribution in [0.4, 0.5) is 0 Å². The lowest BCUT2D eigenvalue weighted by molar-refractivity contribution is -0.00350. The molecular weight excluding hydrogens is 462 g/mol. The van der Waals surface area contributed by atoms with Crippen molar-refractivity contribution in [3.63, 3.8) is 0 Å². The third-order valence-corrected chi connectivity index (χ3v) is 6.37. The highest BCUT2D eigenvalue weighted by Crippen LogP contribution is 2.33. The standard InChI is InChI=1S/C17H15BrClNO6S/c18-10-1-2-14(21)15(4-10)27(24,25)8-9-3-11(19)5-13(16(9)22)17(23)20-12-6-26-7-12/h1-5,12,21-22H,6-8H2,(H,20,23). The van der Waals surface area contributed by atoms with Crippen molar-refractivity contribution in [3.05, 3.63) is 51.0 Å². The average molecular weight is 477 g/mol. The third kappa shape index (κ3) is 4.37. The van der Waals surface area contributed by atoms with Crippen molar-refractivity contribution in [3.8, 4) is 11.5 Å². The minimum atomic E-state index is -4.02. The lowest BCUT2D eigenvalue weighted by Crippen LogP contribution is -2.48. The zero-order valence-corrected chi connectivity index (χ0v) is 16.9. The van der Waals surface area contributed by atoms with Gasteiger partial charge in [0, 0.05) is 15.1 Å². The number of hydrogen-bond acceptors (Lipinski definition) is 6. The number of aromatic hydroxyl groups is 2. The number of rotatable bonds is 5. The van der Waals surface area contributed by atoms with E-state index in [0.717, 1.165) is 0 Å². The van der Waals surface area contributed by atoms with Gasteiger partial charge in [-0.15, -0.1) is 0 Å². The molecular formula is C17H15BrClNO6S. The number of benzene rings is 2. The van der Waals surface area contributed by atoms with Crippen LogP contribution in [0, 0.1) is 0 Å². The first-order valence-corrected chi connectivity index (χ1v) is 10.6. The topological polar surface area (TPSA) is 113 Å². The molecule has 1 aliphatic heterocycles. The maximum atomic E-state index is 12.7. The molecule has 1 saturated heterocycles. The van der Waals surface area contributed by atoms with Crippen molar-refractivity contribution >= 4 is 43.3 Å². The molecule has 0 bridgehead atoms. The molecule has 27 heavy (non-hydrogen) atoms. The van der Waals surface area contributed by atoms with Crippen LogP contribution in [0.5, 0.6) is 11.5 Å². The van der Waals surface area contributed by atoms with E-state index in [1.807, 2.05) is 0 Å². The Morgan fingerprint density at radius 2 is 1.96 bits per heavy atom. The molecule has 1 fully saturated rings. The van der Waals surface area contributed by atoms with E-state index in [2.05, 4.69) is 21.2 Å². The first kappa shape index (κ1) is 19.9. The molecule has 0 radical (unpaired) electrons. The second-order valence-corrected chi connectivity index (χ2v) is 9.35. The molecule has 0 spiro atoms. The highest BCUT2D eigenvalue weighted by atomic mass is 79.9. The van der Waals surface area contributed by atoms with E-state index in [1.54, 1.807) is 0 Å². The molecule has 7 nitrogen and oxygen atoms in total. The number of phenolic OH excluding ortho intramolecular Hbond substituents is 2. The highest BCUT2D eigenvalue weighted by molar-refractivity contribution is 9.10. The minimum absolute atomic E-state index is 0.0446. The van der Waals surface area contributed by atoms with Gasteiger partial charge in [0.15, 0.2) is 9.84 Å². The van der Waals surface area contributed by atoms with Gasteiger partial charge >= 0.3 is 0 Å². The Labute approximate surface area is 169 Å². The van der Waals surface area contributed by atoms with Crippen LogP contribution in [0.25, 0.3) is 0 Å². The molecule has 0 unspecified atom stereocenters. The predicted molar refractivity (Wildman–Crippen MR) is 102 cm³/mol. The average Bonchev–Trinajstić information content (AvgIpc) is 2.55. The number of phenols is 2. The van der Waals surface area contributed by atoms with Crippen LogP contribution in [-0.2, 0) is 20.3 Å². The van der Waals surface area contributed by atoms with Crippen molar-refractivity contribution in [2.45, 2.75) is 16.7 Å². The fourth-order valence-corrected chi connectivity index (χ4v) is 4.77. The molecule has 1 heterocycles. The van der Waals surface area contributed by atoms with Crippen LogP contribution in [0.3, 0.4) is 0 Å². The number of sulfone groups is 1. The van der Waals surface area contributed by atoms with E-state index in [0.29, 0.717) is 17.7 Å². The van der Waals surface area contributed by atoms with Crippen molar-refractivity contribution in [1.82, 2.24) is 5.32 Å². The minimum Gasteiger partial charge on any atom is -0.507 e. The summed E-state index contributed by atoms with van der Waals surface area (Å²) < 4.78 is 30.8. The summed E-state index contributed by atoms with van der Waals surface area (Å²) in [6, 6.07) is 6.37. The molecule has 2 aromatic carbocycles. The van der Waals surface area contributed by atoms with Gasteiger partial charge in [0.25, 0.3) is 5.91 Å². The number of carbonyl (C=O) groups excluding carboxylic acids is 1. The van der Waals surface area contributed by atoms with Crippen LogP contribution < -0.4 is 5.32 Å². The maximum Gasteiger partial charge on any atom is 0.255 e. The van der Waals surface area contributed by atoms with Crippen molar-refractivity contribution in [1.29, 1.82) is 0 Å². The van der Waals surface area contributed by atoms with Gasteiger partial charge in [0.2, 0.25) is 0 Å². The molecule has 10 heteroatoms. The van der Waals surface area contributed by atoms with E-state index < -0.39 is 33.0 Å². The number of carbonyl (C=O) groups is 1. The molecule has 3 N–H and O–H groups in total. The van der Waals surface area contributed by atoms with E-state index in [-0.39, 0.29) is 27.1 Å². The van der Waals surface area contributed by atoms with E-state index in [1.165, 1.54) is 30.3 Å². The van der Waals surface area contributed by atoms with Crippen LogP contribution in [0.1, 0.15) is 15.9 Å². The Morgan fingerprint density at radius 3 is 2.59 bits per heavy atom. The van der Waals surface area contributed by atoms with Crippen molar-refractivity contribution < 1.29 is 28.2 Å². The van der Waals surface area contributed by atoms with Crippen LogP contribution in [-0.4, -0.2) is 43.8 Å². The highest BCUT2D eigenvalue weighted by Gasteiger charge is 2.26. The summed E-state index contributed by atoms with van der Waals surface area (Å²) in [7, 11) is -4.02. The summed E-state index contributed by atoms with van der Waals surface area (Å²) in [6.45, 7) is 0.743. The second-order valence-electron chi connectivity index (χ2n) is 6.04. The van der Waals surface area contributed by atoms with Crippen LogP contribution in [0.2, 0.25) is 5.02 Å².